The Balaban J connectivity index is 2.71. The van der Waals surface area contributed by atoms with Gasteiger partial charge in [-0.05, 0) is 83.5 Å². The molecule has 0 spiro atoms. The number of unbranched alkanes of at least 4 members (excludes halogenated alkanes) is 31. The zero-order chi connectivity index (χ0) is 53.3. The molecule has 73 heavy (non-hydrogen) atoms. The van der Waals surface area contributed by atoms with Crippen molar-refractivity contribution in [3.8, 4) is 0 Å². The Hall–Kier alpha value is -2.38. The summed E-state index contributed by atoms with van der Waals surface area (Å²) in [5, 5.41) is 56.9. The van der Waals surface area contributed by atoms with E-state index in [1.807, 2.05) is 6.08 Å². The Labute approximate surface area is 446 Å². The third-order valence-electron chi connectivity index (χ3n) is 14.2. The van der Waals surface area contributed by atoms with E-state index in [4.69, 9.17) is 14.2 Å². The van der Waals surface area contributed by atoms with Crippen LogP contribution in [-0.4, -0.2) is 99.6 Å². The van der Waals surface area contributed by atoms with Crippen molar-refractivity contribution in [3.63, 3.8) is 0 Å². The van der Waals surface area contributed by atoms with Crippen molar-refractivity contribution in [3.05, 3.63) is 48.6 Å². The molecule has 1 amide bonds. The second-order valence-corrected chi connectivity index (χ2v) is 21.1. The molecule has 1 saturated heterocycles. The topological polar surface area (TPSA) is 175 Å². The quantitative estimate of drug-likeness (QED) is 0.0195. The van der Waals surface area contributed by atoms with E-state index < -0.39 is 67.4 Å². The molecule has 0 saturated carbocycles. The minimum atomic E-state index is -1.62. The highest BCUT2D eigenvalue weighted by molar-refractivity contribution is 5.80. The molecular weight excluding hydrogens is 919 g/mol. The van der Waals surface area contributed by atoms with Gasteiger partial charge in [0.1, 0.15) is 24.4 Å². The average Bonchev–Trinajstić information content (AvgIpc) is 3.39. The number of allylic oxidation sites excluding steroid dienone is 7. The van der Waals surface area contributed by atoms with Crippen LogP contribution in [0.1, 0.15) is 271 Å². The lowest BCUT2D eigenvalue weighted by Gasteiger charge is -2.41. The fraction of sp³-hybridized carbons (Fsp3) is 0.839. The lowest BCUT2D eigenvalue weighted by molar-refractivity contribution is -0.305. The van der Waals surface area contributed by atoms with Crippen LogP contribution < -0.4 is 5.32 Å². The van der Waals surface area contributed by atoms with Crippen LogP contribution in [0.3, 0.4) is 0 Å². The number of hydrogen-bond acceptors (Lipinski definition) is 10. The summed E-state index contributed by atoms with van der Waals surface area (Å²) in [7, 11) is 0. The molecule has 11 heteroatoms. The van der Waals surface area contributed by atoms with E-state index in [0.717, 1.165) is 77.0 Å². The summed E-state index contributed by atoms with van der Waals surface area (Å²) in [6, 6.07) is -1.03. The highest BCUT2D eigenvalue weighted by Crippen LogP contribution is 2.26. The highest BCUT2D eigenvalue weighted by atomic mass is 16.7. The Bertz CT molecular complexity index is 1370. The van der Waals surface area contributed by atoms with E-state index in [1.54, 1.807) is 6.08 Å². The predicted molar refractivity (Wildman–Crippen MR) is 301 cm³/mol. The van der Waals surface area contributed by atoms with Crippen molar-refractivity contribution in [2.24, 2.45) is 0 Å². The molecule has 0 aromatic heterocycles. The maximum atomic E-state index is 13.4. The Morgan fingerprint density at radius 2 is 0.945 bits per heavy atom. The number of nitrogens with one attached hydrogen (secondary N) is 1. The van der Waals surface area contributed by atoms with Crippen LogP contribution in [-0.2, 0) is 23.8 Å². The van der Waals surface area contributed by atoms with E-state index in [2.05, 4.69) is 62.5 Å². The van der Waals surface area contributed by atoms with Crippen LogP contribution in [0.5, 0.6) is 0 Å². The SMILES string of the molecule is CCCCC/C=C\C/C=C\CCCCCCCCCCC(O)C(=O)NC(COC1OC(CO)C(O)C(O)C1OC(=O)CCCCC/C=C\CCCCCCCCC)C(O)/C=C/CCCCCCCCCCCC. The minimum Gasteiger partial charge on any atom is -0.454 e. The molecule has 0 aliphatic carbocycles. The van der Waals surface area contributed by atoms with Crippen molar-refractivity contribution < 1.29 is 49.3 Å². The van der Waals surface area contributed by atoms with E-state index in [9.17, 15) is 35.1 Å². The molecule has 1 aliphatic rings. The summed E-state index contributed by atoms with van der Waals surface area (Å²) in [4.78, 5) is 26.5. The highest BCUT2D eigenvalue weighted by Gasteiger charge is 2.47. The van der Waals surface area contributed by atoms with E-state index in [-0.39, 0.29) is 19.4 Å². The van der Waals surface area contributed by atoms with Crippen LogP contribution in [0.2, 0.25) is 0 Å². The third-order valence-corrected chi connectivity index (χ3v) is 14.2. The van der Waals surface area contributed by atoms with Crippen molar-refractivity contribution >= 4 is 11.9 Å². The van der Waals surface area contributed by atoms with Crippen LogP contribution >= 0.6 is 0 Å². The monoisotopic (exact) mass is 1030 g/mol. The first-order valence-electron chi connectivity index (χ1n) is 30.4. The molecule has 6 N–H and O–H groups in total. The van der Waals surface area contributed by atoms with Gasteiger partial charge in [-0.15, -0.1) is 0 Å². The molecular formula is C62H113NO10. The lowest BCUT2D eigenvalue weighted by atomic mass is 9.99. The summed E-state index contributed by atoms with van der Waals surface area (Å²) < 4.78 is 17.6. The van der Waals surface area contributed by atoms with Gasteiger partial charge in [-0.1, -0.05) is 230 Å². The first-order valence-corrected chi connectivity index (χ1v) is 30.4. The summed E-state index contributed by atoms with van der Waals surface area (Å²) in [6.07, 6.45) is 50.0. The van der Waals surface area contributed by atoms with Gasteiger partial charge in [-0.25, -0.2) is 0 Å². The summed E-state index contributed by atoms with van der Waals surface area (Å²) in [6.45, 7) is 5.75. The van der Waals surface area contributed by atoms with Gasteiger partial charge in [0.15, 0.2) is 12.4 Å². The van der Waals surface area contributed by atoms with Crippen LogP contribution in [0.4, 0.5) is 0 Å². The second kappa shape index (κ2) is 50.4. The van der Waals surface area contributed by atoms with E-state index >= 15 is 0 Å². The van der Waals surface area contributed by atoms with Crippen molar-refractivity contribution in [2.75, 3.05) is 13.2 Å². The molecule has 0 aromatic rings. The molecule has 8 unspecified atom stereocenters. The number of hydrogen-bond donors (Lipinski definition) is 6. The number of ether oxygens (including phenoxy) is 3. The zero-order valence-electron chi connectivity index (χ0n) is 47.0. The van der Waals surface area contributed by atoms with Gasteiger partial charge in [0.25, 0.3) is 0 Å². The number of carbonyl (C=O) groups is 2. The van der Waals surface area contributed by atoms with Gasteiger partial charge in [0, 0.05) is 6.42 Å². The summed E-state index contributed by atoms with van der Waals surface area (Å²) in [5.41, 5.74) is 0. The average molecular weight is 1030 g/mol. The Kier molecular flexibility index (Phi) is 47.4. The smallest absolute Gasteiger partial charge is 0.306 e. The van der Waals surface area contributed by atoms with Crippen LogP contribution in [0.25, 0.3) is 0 Å². The van der Waals surface area contributed by atoms with Crippen LogP contribution in [0, 0.1) is 0 Å². The molecule has 1 fully saturated rings. The Morgan fingerprint density at radius 3 is 1.44 bits per heavy atom. The normalized spacial score (nSPS) is 19.7. The van der Waals surface area contributed by atoms with Crippen molar-refractivity contribution in [1.82, 2.24) is 5.32 Å². The van der Waals surface area contributed by atoms with Gasteiger partial charge in [-0.2, -0.15) is 0 Å². The third kappa shape index (κ3) is 38.8. The number of esters is 1. The van der Waals surface area contributed by atoms with Gasteiger partial charge < -0.3 is 45.1 Å². The molecule has 11 nitrogen and oxygen atoms in total. The number of rotatable bonds is 51. The maximum absolute atomic E-state index is 13.4. The molecule has 426 valence electrons. The molecule has 1 aliphatic heterocycles. The standard InChI is InChI=1S/C62H113NO10/c1-4-7-10-13-16-19-22-25-27-28-29-30-31-34-37-40-43-46-49-55(66)61(70)63-53(54(65)48-45-42-39-36-33-24-21-18-15-12-9-6-3)52-71-62-60(59(69)58(68)56(51-64)72-62)73-57(67)50-47-44-41-38-35-32-26-23-20-17-14-11-8-5-2/h16,19,25,27,32,35,45,48,53-56,58-60,62,64-66,68-69H,4-15,17-18,20-24,26,28-31,33-34,36-44,46-47,49-52H2,1-3H3,(H,63,70)/b19-16-,27-25-,35-32-,48-45+. The number of amides is 1. The summed E-state index contributed by atoms with van der Waals surface area (Å²) in [5.74, 6) is -1.21. The molecule has 8 atom stereocenters. The van der Waals surface area contributed by atoms with E-state index in [1.165, 1.54) is 148 Å². The molecule has 1 rings (SSSR count). The number of aliphatic hydroxyl groups is 5. The number of carbonyl (C=O) groups excluding carboxylic acids is 2. The van der Waals surface area contributed by atoms with Crippen LogP contribution in [0.15, 0.2) is 48.6 Å². The van der Waals surface area contributed by atoms with Gasteiger partial charge >= 0.3 is 5.97 Å². The van der Waals surface area contributed by atoms with Crippen molar-refractivity contribution in [2.45, 2.75) is 320 Å². The molecule has 0 bridgehead atoms. The molecule has 1 heterocycles. The van der Waals surface area contributed by atoms with Gasteiger partial charge in [0.05, 0.1) is 25.4 Å². The molecule has 0 aromatic carbocycles. The minimum absolute atomic E-state index is 0.103. The first-order chi connectivity index (χ1) is 35.7. The summed E-state index contributed by atoms with van der Waals surface area (Å²) >= 11 is 0. The second-order valence-electron chi connectivity index (χ2n) is 21.1. The molecule has 0 radical (unpaired) electrons. The largest absolute Gasteiger partial charge is 0.454 e. The van der Waals surface area contributed by atoms with E-state index in [0.29, 0.717) is 12.8 Å². The predicted octanol–water partition coefficient (Wildman–Crippen LogP) is 14.1. The van der Waals surface area contributed by atoms with Gasteiger partial charge in [0.2, 0.25) is 5.91 Å². The van der Waals surface area contributed by atoms with Crippen molar-refractivity contribution in [1.29, 1.82) is 0 Å². The fourth-order valence-electron chi connectivity index (χ4n) is 9.32. The first kappa shape index (κ1) is 68.6. The Morgan fingerprint density at radius 1 is 0.534 bits per heavy atom. The number of aliphatic hydroxyl groups excluding tert-OH is 5. The maximum Gasteiger partial charge on any atom is 0.306 e. The zero-order valence-corrected chi connectivity index (χ0v) is 47.0. The lowest BCUT2D eigenvalue weighted by Crippen LogP contribution is -2.61. The van der Waals surface area contributed by atoms with Gasteiger partial charge in [-0.3, -0.25) is 9.59 Å². The fourth-order valence-corrected chi connectivity index (χ4v) is 9.32.